The molecule has 2 aromatic rings. The minimum absolute atomic E-state index is 0. The van der Waals surface area contributed by atoms with E-state index in [9.17, 15) is 14.4 Å². The topological polar surface area (TPSA) is 105 Å². The first-order valence-corrected chi connectivity index (χ1v) is 9.31. The Bertz CT molecular complexity index is 843. The van der Waals surface area contributed by atoms with Crippen LogP contribution < -0.4 is 16.4 Å². The molecule has 0 radical (unpaired) electrons. The van der Waals surface area contributed by atoms with Crippen LogP contribution in [0.1, 0.15) is 34.8 Å². The average Bonchev–Trinajstić information content (AvgIpc) is 3.22. The zero-order chi connectivity index (χ0) is 19.9. The third-order valence-corrected chi connectivity index (χ3v) is 4.75. The fourth-order valence-electron chi connectivity index (χ4n) is 3.35. The lowest BCUT2D eigenvalue weighted by atomic mass is 10.0. The summed E-state index contributed by atoms with van der Waals surface area (Å²) in [5, 5.41) is 5.07. The van der Waals surface area contributed by atoms with Crippen LogP contribution in [0.15, 0.2) is 54.6 Å². The Kier molecular flexibility index (Phi) is 8.18. The second-order valence-corrected chi connectivity index (χ2v) is 6.67. The first-order valence-electron chi connectivity index (χ1n) is 9.31. The van der Waals surface area contributed by atoms with Crippen molar-refractivity contribution in [2.24, 2.45) is 5.73 Å². The molecule has 1 heterocycles. The Labute approximate surface area is 176 Å². The van der Waals surface area contributed by atoms with Gasteiger partial charge in [0, 0.05) is 17.8 Å². The lowest BCUT2D eigenvalue weighted by Gasteiger charge is -2.25. The lowest BCUT2D eigenvalue weighted by molar-refractivity contribution is -0.123. The van der Waals surface area contributed by atoms with Crippen LogP contribution in [0.3, 0.4) is 0 Å². The molecule has 1 aliphatic rings. The van der Waals surface area contributed by atoms with Gasteiger partial charge in [0.05, 0.1) is 19.1 Å². The van der Waals surface area contributed by atoms with Crippen molar-refractivity contribution < 1.29 is 14.4 Å². The van der Waals surface area contributed by atoms with Crippen molar-refractivity contribution in [2.75, 3.05) is 25.0 Å². The van der Waals surface area contributed by atoms with Crippen molar-refractivity contribution in [3.05, 3.63) is 65.7 Å². The predicted octanol–water partition coefficient (Wildman–Crippen LogP) is 2.10. The minimum atomic E-state index is -0.394. The Morgan fingerprint density at radius 2 is 1.69 bits per heavy atom. The molecule has 0 aliphatic carbocycles. The molecule has 0 saturated carbocycles. The SMILES string of the molecule is Cl.NCC(=O)NCC(=O)Nc1ccc(C(=O)N2CCCC2c2ccccc2)cc1. The van der Waals surface area contributed by atoms with Gasteiger partial charge in [-0.15, -0.1) is 12.4 Å². The van der Waals surface area contributed by atoms with Crippen LogP contribution in [0.2, 0.25) is 0 Å². The zero-order valence-corrected chi connectivity index (χ0v) is 16.8. The Morgan fingerprint density at radius 1 is 1.00 bits per heavy atom. The van der Waals surface area contributed by atoms with Gasteiger partial charge in [0.15, 0.2) is 0 Å². The highest BCUT2D eigenvalue weighted by Crippen LogP contribution is 2.33. The summed E-state index contributed by atoms with van der Waals surface area (Å²) in [4.78, 5) is 37.8. The second-order valence-electron chi connectivity index (χ2n) is 6.67. The van der Waals surface area contributed by atoms with Gasteiger partial charge in [-0.25, -0.2) is 0 Å². The average molecular weight is 417 g/mol. The van der Waals surface area contributed by atoms with E-state index in [2.05, 4.69) is 22.8 Å². The summed E-state index contributed by atoms with van der Waals surface area (Å²) in [5.41, 5.74) is 7.47. The molecule has 1 saturated heterocycles. The number of hydrogen-bond donors (Lipinski definition) is 3. The molecule has 0 aromatic heterocycles. The van der Waals surface area contributed by atoms with Crippen molar-refractivity contribution in [1.82, 2.24) is 10.2 Å². The number of carbonyl (C=O) groups is 3. The van der Waals surface area contributed by atoms with E-state index in [0.29, 0.717) is 11.3 Å². The molecule has 3 rings (SSSR count). The van der Waals surface area contributed by atoms with Gasteiger partial charge >= 0.3 is 0 Å². The third kappa shape index (κ3) is 5.79. The Morgan fingerprint density at radius 3 is 2.34 bits per heavy atom. The summed E-state index contributed by atoms with van der Waals surface area (Å²) >= 11 is 0. The van der Waals surface area contributed by atoms with Gasteiger partial charge in [-0.1, -0.05) is 30.3 Å². The van der Waals surface area contributed by atoms with Gasteiger partial charge in [0.2, 0.25) is 11.8 Å². The Hall–Kier alpha value is -2.90. The monoisotopic (exact) mass is 416 g/mol. The van der Waals surface area contributed by atoms with Crippen LogP contribution >= 0.6 is 12.4 Å². The number of hydrogen-bond acceptors (Lipinski definition) is 4. The molecule has 1 aliphatic heterocycles. The fourth-order valence-corrected chi connectivity index (χ4v) is 3.35. The van der Waals surface area contributed by atoms with Crippen molar-refractivity contribution in [1.29, 1.82) is 0 Å². The molecule has 0 spiro atoms. The van der Waals surface area contributed by atoms with E-state index in [-0.39, 0.29) is 43.4 Å². The smallest absolute Gasteiger partial charge is 0.254 e. The van der Waals surface area contributed by atoms with Crippen molar-refractivity contribution in [2.45, 2.75) is 18.9 Å². The van der Waals surface area contributed by atoms with Gasteiger partial charge < -0.3 is 21.3 Å². The van der Waals surface area contributed by atoms with Crippen molar-refractivity contribution >= 4 is 35.8 Å². The molecule has 4 N–H and O–H groups in total. The van der Waals surface area contributed by atoms with Crippen LogP contribution in [-0.2, 0) is 9.59 Å². The first-order chi connectivity index (χ1) is 13.6. The standard InChI is InChI=1S/C21H24N4O3.ClH/c22-13-19(26)23-14-20(27)24-17-10-8-16(9-11-17)21(28)25-12-4-7-18(25)15-5-2-1-3-6-15;/h1-3,5-6,8-11,18H,4,7,12-14,22H2,(H,23,26)(H,24,27);1H. The van der Waals surface area contributed by atoms with Crippen molar-refractivity contribution in [3.63, 3.8) is 0 Å². The normalized spacial score (nSPS) is 15.3. The number of likely N-dealkylation sites (tertiary alicyclic amines) is 1. The zero-order valence-electron chi connectivity index (χ0n) is 16.0. The molecule has 154 valence electrons. The van der Waals surface area contributed by atoms with Crippen molar-refractivity contribution in [3.8, 4) is 0 Å². The van der Waals surface area contributed by atoms with E-state index in [4.69, 9.17) is 5.73 Å². The molecule has 3 amide bonds. The molecule has 7 nitrogen and oxygen atoms in total. The number of halogens is 1. The third-order valence-electron chi connectivity index (χ3n) is 4.75. The molecule has 29 heavy (non-hydrogen) atoms. The first kappa shape index (κ1) is 22.4. The van der Waals surface area contributed by atoms with Crippen LogP contribution in [0, 0.1) is 0 Å². The summed E-state index contributed by atoms with van der Waals surface area (Å²) in [5.74, 6) is -0.765. The number of nitrogens with zero attached hydrogens (tertiary/aromatic N) is 1. The van der Waals surface area contributed by atoms with E-state index < -0.39 is 5.91 Å². The van der Waals surface area contributed by atoms with E-state index in [0.717, 1.165) is 24.9 Å². The molecule has 2 aromatic carbocycles. The maximum absolute atomic E-state index is 13.0. The lowest BCUT2D eigenvalue weighted by Crippen LogP contribution is -2.36. The van der Waals surface area contributed by atoms with Crippen LogP contribution in [0.5, 0.6) is 0 Å². The quantitative estimate of drug-likeness (QED) is 0.670. The van der Waals surface area contributed by atoms with Gasteiger partial charge in [0.25, 0.3) is 5.91 Å². The summed E-state index contributed by atoms with van der Waals surface area (Å²) < 4.78 is 0. The summed E-state index contributed by atoms with van der Waals surface area (Å²) in [6, 6.07) is 16.9. The van der Waals surface area contributed by atoms with Gasteiger partial charge in [-0.3, -0.25) is 14.4 Å². The highest BCUT2D eigenvalue weighted by atomic mass is 35.5. The molecule has 1 unspecified atom stereocenters. The van der Waals surface area contributed by atoms with E-state index >= 15 is 0 Å². The van der Waals surface area contributed by atoms with Gasteiger partial charge in [0.1, 0.15) is 0 Å². The van der Waals surface area contributed by atoms with Crippen LogP contribution in [0.4, 0.5) is 5.69 Å². The van der Waals surface area contributed by atoms with Gasteiger partial charge in [-0.05, 0) is 42.7 Å². The number of benzene rings is 2. The maximum atomic E-state index is 13.0. The Balaban J connectivity index is 0.00000300. The molecular weight excluding hydrogens is 392 g/mol. The molecular formula is C21H25ClN4O3. The highest BCUT2D eigenvalue weighted by Gasteiger charge is 2.30. The highest BCUT2D eigenvalue weighted by molar-refractivity contribution is 5.97. The van der Waals surface area contributed by atoms with Crippen LogP contribution in [-0.4, -0.2) is 42.3 Å². The predicted molar refractivity (Wildman–Crippen MR) is 114 cm³/mol. The minimum Gasteiger partial charge on any atom is -0.346 e. The molecule has 1 fully saturated rings. The number of rotatable bonds is 6. The van der Waals surface area contributed by atoms with E-state index in [1.807, 2.05) is 23.1 Å². The van der Waals surface area contributed by atoms with Crippen LogP contribution in [0.25, 0.3) is 0 Å². The summed E-state index contributed by atoms with van der Waals surface area (Å²) in [6.07, 6.45) is 1.94. The summed E-state index contributed by atoms with van der Waals surface area (Å²) in [6.45, 7) is 0.422. The number of amides is 3. The fraction of sp³-hybridized carbons (Fsp3) is 0.286. The number of carbonyl (C=O) groups excluding carboxylic acids is 3. The number of nitrogens with two attached hydrogens (primary N) is 1. The van der Waals surface area contributed by atoms with E-state index in [1.54, 1.807) is 24.3 Å². The molecule has 8 heteroatoms. The molecule has 0 bridgehead atoms. The number of anilines is 1. The largest absolute Gasteiger partial charge is 0.346 e. The maximum Gasteiger partial charge on any atom is 0.254 e. The molecule has 1 atom stereocenters. The second kappa shape index (κ2) is 10.6. The van der Waals surface area contributed by atoms with Gasteiger partial charge in [-0.2, -0.15) is 0 Å². The van der Waals surface area contributed by atoms with E-state index in [1.165, 1.54) is 0 Å². The number of nitrogens with one attached hydrogen (secondary N) is 2. The summed E-state index contributed by atoms with van der Waals surface area (Å²) in [7, 11) is 0.